The van der Waals surface area contributed by atoms with Gasteiger partial charge in [0.05, 0.1) is 75.4 Å². The number of nitrogens with zero attached hydrogens (tertiary/aromatic N) is 12. The summed E-state index contributed by atoms with van der Waals surface area (Å²) >= 11 is 0. The first-order chi connectivity index (χ1) is 60.7. The molecule has 9 aliphatic rings. The van der Waals surface area contributed by atoms with Crippen molar-refractivity contribution in [1.82, 2.24) is 60.5 Å². The van der Waals surface area contributed by atoms with Crippen molar-refractivity contribution in [2.75, 3.05) is 184 Å². The van der Waals surface area contributed by atoms with E-state index in [4.69, 9.17) is 37.9 Å². The molecule has 32 nitrogen and oxygen atoms in total. The molecular formula is C92H112N16O16. The van der Waals surface area contributed by atoms with E-state index in [1.54, 1.807) is 117 Å². The molecule has 0 saturated carbocycles. The summed E-state index contributed by atoms with van der Waals surface area (Å²) in [5, 5.41) is 29.7. The third kappa shape index (κ3) is 34.1. The number of hydrogen-bond acceptors (Lipinski definition) is 24. The Hall–Kier alpha value is -13.0. The van der Waals surface area contributed by atoms with Gasteiger partial charge in [-0.05, 0) is 145 Å². The van der Waals surface area contributed by atoms with Crippen molar-refractivity contribution in [3.63, 3.8) is 0 Å². The molecule has 12 bridgehead atoms. The highest BCUT2D eigenvalue weighted by Gasteiger charge is 2.28. The van der Waals surface area contributed by atoms with Crippen LogP contribution in [0.1, 0.15) is 47.9 Å². The maximum absolute atomic E-state index is 14.0. The van der Waals surface area contributed by atoms with E-state index < -0.39 is 24.4 Å². The van der Waals surface area contributed by atoms with E-state index in [0.29, 0.717) is 124 Å². The van der Waals surface area contributed by atoms with Crippen LogP contribution >= 0.6 is 0 Å². The Morgan fingerprint density at radius 1 is 0.258 bits per heavy atom. The van der Waals surface area contributed by atoms with Crippen LogP contribution in [0, 0.1) is 0 Å². The fourth-order valence-electron chi connectivity index (χ4n) is 13.3. The maximum atomic E-state index is 14.0. The summed E-state index contributed by atoms with van der Waals surface area (Å²) in [6.45, 7) is 6.02. The third-order valence-electron chi connectivity index (χ3n) is 20.4. The Morgan fingerprint density at radius 2 is 0.444 bits per heavy atom. The zero-order valence-electron chi connectivity index (χ0n) is 70.1. The molecule has 0 atom stereocenters. The topological polar surface area (TPSA) is 334 Å². The molecule has 2 saturated heterocycles. The van der Waals surface area contributed by atoms with Crippen LogP contribution in [0.25, 0.3) is 0 Å². The number of carbonyl (C=O) groups is 8. The van der Waals surface area contributed by atoms with Crippen molar-refractivity contribution in [2.45, 2.75) is 52.1 Å². The summed E-state index contributed by atoms with van der Waals surface area (Å²) < 4.78 is 47.6. The highest BCUT2D eigenvalue weighted by atomic mass is 16.6. The minimum absolute atomic E-state index is 0.0313. The van der Waals surface area contributed by atoms with Crippen LogP contribution in [-0.2, 0) is 64.6 Å². The van der Waals surface area contributed by atoms with Crippen LogP contribution in [-0.4, -0.2) is 271 Å². The van der Waals surface area contributed by atoms with E-state index >= 15 is 0 Å². The number of hydrogen-bond donors (Lipinski definition) is 4. The Kier molecular flexibility index (Phi) is 38.2. The molecule has 124 heavy (non-hydrogen) atoms. The smallest absolute Gasteiger partial charge is 0.410 e. The zero-order chi connectivity index (χ0) is 86.4. The van der Waals surface area contributed by atoms with Crippen molar-refractivity contribution >= 4 is 70.8 Å². The average molecular weight is 1700 g/mol. The van der Waals surface area contributed by atoms with E-state index in [9.17, 15) is 38.4 Å². The van der Waals surface area contributed by atoms with E-state index in [0.717, 1.165) is 22.3 Å². The normalized spacial score (nSPS) is 19.0. The maximum Gasteiger partial charge on any atom is 0.410 e. The van der Waals surface area contributed by atoms with Crippen molar-refractivity contribution < 1.29 is 76.3 Å². The second-order valence-corrected chi connectivity index (χ2v) is 29.8. The van der Waals surface area contributed by atoms with Gasteiger partial charge in [-0.15, -0.1) is 0 Å². The van der Waals surface area contributed by atoms with E-state index in [1.165, 1.54) is 0 Å². The minimum Gasteiger partial charge on any atom is -0.494 e. The van der Waals surface area contributed by atoms with Gasteiger partial charge >= 0.3 is 24.4 Å². The van der Waals surface area contributed by atoms with Crippen molar-refractivity contribution in [2.24, 2.45) is 20.5 Å². The van der Waals surface area contributed by atoms with Gasteiger partial charge in [0, 0.05) is 131 Å². The molecule has 32 heteroatoms. The molecule has 0 radical (unpaired) electrons. The molecule has 8 amide bonds. The standard InChI is InChI=1S/C92H112N16O16/c109-85-65-101-45-53-105(89(113)121-69-73-17-5-1-6-18-73)54-46-102(48-56-106(55-47-101)90(114)122-70-74-19-7-2-8-20-74)66-86(110)94-42-14-62-118-82-35-27-78(28-36-82)98-100-80-31-39-84(40-32-80)120-64-16-44-96-88(112)68-104-50-58-107(91(115)123-71-75-21-9-3-10-22-75)57-49-103(51-59-108(60-52-104)92(116)124-72-76-23-11-4-12-24-76)67-87(111)95-43-15-63-119-83-37-29-79(30-38-83)99-97-77-25-33-81(34-26-77)117-61-13-41-93-85/h1-12,17-40H,13-16,41-72H2,(H,93,109)(H,94,110)(H,95,111)(H,96,112). The molecule has 0 aromatic heterocycles. The SMILES string of the molecule is O=C1CN2CCN(C(=O)OCc3ccccc3)CCN(CCN(C(=O)OCc3ccccc3)CC2)CC(=O)NCCCOc2ccc(cc2)N=Nc2ccc(cc2)OCCCNC(=O)CN2CCN(C(=O)OCc3ccccc3)CCN(CCN(C(=O)OCc3ccccc3)CC2)CC(=O)NCCCOc2ccc(cc2)N=Nc2ccc(cc2)OCCCN1. The second-order valence-electron chi connectivity index (χ2n) is 29.8. The van der Waals surface area contributed by atoms with Gasteiger partial charge in [0.25, 0.3) is 0 Å². The molecule has 656 valence electrons. The third-order valence-corrected chi connectivity index (χ3v) is 20.4. The van der Waals surface area contributed by atoms with E-state index in [-0.39, 0.29) is 181 Å². The number of amides is 8. The first-order valence-electron chi connectivity index (χ1n) is 42.3. The van der Waals surface area contributed by atoms with Crippen LogP contribution in [0.3, 0.4) is 0 Å². The predicted molar refractivity (Wildman–Crippen MR) is 465 cm³/mol. The van der Waals surface area contributed by atoms with Crippen LogP contribution in [0.2, 0.25) is 0 Å². The summed E-state index contributed by atoms with van der Waals surface area (Å²) in [6.07, 6.45) is -0.211. The van der Waals surface area contributed by atoms with Crippen molar-refractivity contribution in [1.29, 1.82) is 0 Å². The number of ether oxygens (including phenoxy) is 8. The van der Waals surface area contributed by atoms with Crippen molar-refractivity contribution in [3.05, 3.63) is 241 Å². The van der Waals surface area contributed by atoms with Gasteiger partial charge in [-0.1, -0.05) is 121 Å². The summed E-state index contributed by atoms with van der Waals surface area (Å²) in [5.41, 5.74) is 5.66. The summed E-state index contributed by atoms with van der Waals surface area (Å²) in [5.74, 6) is 1.41. The molecule has 8 aromatic rings. The Labute approximate surface area is 723 Å². The Bertz CT molecular complexity index is 4020. The molecule has 4 N–H and O–H groups in total. The number of carbonyl (C=O) groups excluding carboxylic acids is 8. The highest BCUT2D eigenvalue weighted by Crippen LogP contribution is 2.26. The Morgan fingerprint density at radius 3 is 0.629 bits per heavy atom. The van der Waals surface area contributed by atoms with Gasteiger partial charge in [-0.2, -0.15) is 20.5 Å². The highest BCUT2D eigenvalue weighted by molar-refractivity contribution is 5.80. The molecule has 0 unspecified atom stereocenters. The molecule has 2 fully saturated rings. The van der Waals surface area contributed by atoms with Crippen LogP contribution in [0.5, 0.6) is 23.0 Å². The van der Waals surface area contributed by atoms with Gasteiger partial charge in [0.2, 0.25) is 23.6 Å². The van der Waals surface area contributed by atoms with Crippen molar-refractivity contribution in [3.8, 4) is 23.0 Å². The van der Waals surface area contributed by atoms with Gasteiger partial charge in [0.15, 0.2) is 0 Å². The molecule has 9 aliphatic heterocycles. The first kappa shape index (κ1) is 91.7. The second kappa shape index (κ2) is 51.7. The fourth-order valence-corrected chi connectivity index (χ4v) is 13.3. The fraction of sp³-hybridized carbons (Fsp3) is 0.391. The van der Waals surface area contributed by atoms with Gasteiger partial charge in [0.1, 0.15) is 49.4 Å². The molecule has 17 rings (SSSR count). The lowest BCUT2D eigenvalue weighted by Crippen LogP contribution is -2.51. The van der Waals surface area contributed by atoms with Gasteiger partial charge < -0.3 is 78.8 Å². The van der Waals surface area contributed by atoms with Gasteiger partial charge in [-0.25, -0.2) is 19.2 Å². The summed E-state index contributed by atoms with van der Waals surface area (Å²) in [4.78, 5) is 125. The molecular weight excluding hydrogens is 1590 g/mol. The van der Waals surface area contributed by atoms with Crippen LogP contribution in [0.4, 0.5) is 41.9 Å². The van der Waals surface area contributed by atoms with E-state index in [2.05, 4.69) is 41.7 Å². The lowest BCUT2D eigenvalue weighted by Gasteiger charge is -2.33. The van der Waals surface area contributed by atoms with Gasteiger partial charge in [-0.3, -0.25) is 38.8 Å². The zero-order valence-corrected chi connectivity index (χ0v) is 70.1. The number of azo groups is 2. The summed E-state index contributed by atoms with van der Waals surface area (Å²) in [7, 11) is 0. The van der Waals surface area contributed by atoms with Crippen LogP contribution < -0.4 is 40.2 Å². The Balaban J connectivity index is 0.728. The predicted octanol–water partition coefficient (Wildman–Crippen LogP) is 11.6. The quantitative estimate of drug-likeness (QED) is 0.103. The first-order valence-corrected chi connectivity index (χ1v) is 42.3. The molecule has 0 spiro atoms. The minimum atomic E-state index is -0.548. The molecule has 9 heterocycles. The lowest BCUT2D eigenvalue weighted by atomic mass is 10.2. The van der Waals surface area contributed by atoms with Crippen LogP contribution in [0.15, 0.2) is 239 Å². The molecule has 8 aromatic carbocycles. The largest absolute Gasteiger partial charge is 0.494 e. The monoisotopic (exact) mass is 1700 g/mol. The summed E-state index contributed by atoms with van der Waals surface area (Å²) in [6, 6.07) is 66.1. The van der Waals surface area contributed by atoms with E-state index in [1.807, 2.05) is 141 Å². The number of rotatable bonds is 8. The number of nitrogens with one attached hydrogen (secondary N) is 4. The number of benzene rings is 8. The molecule has 0 aliphatic carbocycles. The lowest BCUT2D eigenvalue weighted by molar-refractivity contribution is -0.123. The average Bonchev–Trinajstić information content (AvgIpc) is 0.881.